The Morgan fingerprint density at radius 1 is 1.37 bits per heavy atom. The number of benzene rings is 2. The monoisotopic (exact) mass is 389 g/mol. The maximum atomic E-state index is 12.0. The number of nitrogens with zero attached hydrogens (tertiary/aromatic N) is 2. The highest BCUT2D eigenvalue weighted by molar-refractivity contribution is 6.32. The Hall–Kier alpha value is -2.93. The van der Waals surface area contributed by atoms with Crippen molar-refractivity contribution in [1.29, 1.82) is 0 Å². The van der Waals surface area contributed by atoms with Crippen molar-refractivity contribution in [2.24, 2.45) is 5.10 Å². The highest BCUT2D eigenvalue weighted by Gasteiger charge is 2.15. The Morgan fingerprint density at radius 3 is 2.78 bits per heavy atom. The summed E-state index contributed by atoms with van der Waals surface area (Å²) >= 11 is 6.19. The number of para-hydroxylation sites is 1. The van der Waals surface area contributed by atoms with Crippen LogP contribution in [0.25, 0.3) is 0 Å². The Labute approximate surface area is 162 Å². The van der Waals surface area contributed by atoms with E-state index in [-0.39, 0.29) is 18.2 Å². The third-order valence-corrected chi connectivity index (χ3v) is 4.10. The number of nitrogens with one attached hydrogen (secondary N) is 1. The first-order valence-corrected chi connectivity index (χ1v) is 8.79. The summed E-state index contributed by atoms with van der Waals surface area (Å²) in [5.74, 6) is 0.131. The van der Waals surface area contributed by atoms with Crippen molar-refractivity contribution in [3.05, 3.63) is 68.7 Å². The van der Waals surface area contributed by atoms with Crippen LogP contribution < -0.4 is 10.2 Å². The third-order valence-electron chi connectivity index (χ3n) is 3.80. The van der Waals surface area contributed by atoms with Crippen LogP contribution in [0.1, 0.15) is 31.4 Å². The zero-order valence-electron chi connectivity index (χ0n) is 15.0. The van der Waals surface area contributed by atoms with Gasteiger partial charge in [0.15, 0.2) is 0 Å². The van der Waals surface area contributed by atoms with E-state index < -0.39 is 10.8 Å². The molecule has 1 N–H and O–H groups in total. The van der Waals surface area contributed by atoms with E-state index in [9.17, 15) is 14.9 Å². The van der Waals surface area contributed by atoms with Crippen LogP contribution in [0.4, 0.5) is 5.69 Å². The molecule has 0 aromatic heterocycles. The SMILES string of the molecule is CC[C@@H](C)Oc1ccc(/C=N/NC(=O)Cc2ccccc2[N+](=O)[O-])cc1Cl. The van der Waals surface area contributed by atoms with E-state index >= 15 is 0 Å². The fourth-order valence-electron chi connectivity index (χ4n) is 2.22. The fourth-order valence-corrected chi connectivity index (χ4v) is 2.46. The molecule has 0 heterocycles. The van der Waals surface area contributed by atoms with Crippen molar-refractivity contribution in [2.45, 2.75) is 32.8 Å². The van der Waals surface area contributed by atoms with Crippen LogP contribution in [0.2, 0.25) is 5.02 Å². The van der Waals surface area contributed by atoms with Gasteiger partial charge in [0, 0.05) is 11.6 Å². The number of hydrazone groups is 1. The molecular weight excluding hydrogens is 370 g/mol. The summed E-state index contributed by atoms with van der Waals surface area (Å²) in [6.45, 7) is 3.98. The number of hydrogen-bond donors (Lipinski definition) is 1. The number of hydrogen-bond acceptors (Lipinski definition) is 5. The third kappa shape index (κ3) is 6.07. The molecule has 0 radical (unpaired) electrons. The predicted octanol–water partition coefficient (Wildman–Crippen LogP) is 4.12. The van der Waals surface area contributed by atoms with Crippen LogP contribution in [-0.4, -0.2) is 23.1 Å². The molecule has 0 aliphatic carbocycles. The van der Waals surface area contributed by atoms with Gasteiger partial charge in [0.05, 0.1) is 28.7 Å². The first-order chi connectivity index (χ1) is 12.9. The maximum absolute atomic E-state index is 12.0. The number of halogens is 1. The number of carbonyl (C=O) groups excluding carboxylic acids is 1. The lowest BCUT2D eigenvalue weighted by Gasteiger charge is -2.13. The highest BCUT2D eigenvalue weighted by Crippen LogP contribution is 2.26. The van der Waals surface area contributed by atoms with Gasteiger partial charge in [-0.2, -0.15) is 5.10 Å². The maximum Gasteiger partial charge on any atom is 0.273 e. The minimum Gasteiger partial charge on any atom is -0.489 e. The summed E-state index contributed by atoms with van der Waals surface area (Å²) in [6, 6.07) is 11.3. The predicted molar refractivity (Wildman–Crippen MR) is 104 cm³/mol. The van der Waals surface area contributed by atoms with E-state index in [0.29, 0.717) is 21.9 Å². The number of nitro benzene ring substituents is 1. The molecule has 1 atom stereocenters. The summed E-state index contributed by atoms with van der Waals surface area (Å²) in [6.07, 6.45) is 2.22. The average Bonchev–Trinajstić information content (AvgIpc) is 2.64. The molecule has 2 aromatic rings. The largest absolute Gasteiger partial charge is 0.489 e. The number of nitro groups is 1. The van der Waals surface area contributed by atoms with Gasteiger partial charge in [-0.05, 0) is 37.1 Å². The summed E-state index contributed by atoms with van der Waals surface area (Å²) in [7, 11) is 0. The van der Waals surface area contributed by atoms with E-state index in [1.165, 1.54) is 18.3 Å². The molecule has 0 aliphatic rings. The summed E-state index contributed by atoms with van der Waals surface area (Å²) in [5.41, 5.74) is 3.26. The molecule has 0 aliphatic heterocycles. The minimum atomic E-state index is -0.517. The normalized spacial score (nSPS) is 12.0. The lowest BCUT2D eigenvalue weighted by molar-refractivity contribution is -0.385. The summed E-state index contributed by atoms with van der Waals surface area (Å²) in [4.78, 5) is 22.4. The van der Waals surface area contributed by atoms with Crippen molar-refractivity contribution in [3.63, 3.8) is 0 Å². The van der Waals surface area contributed by atoms with Crippen molar-refractivity contribution < 1.29 is 14.5 Å². The van der Waals surface area contributed by atoms with Gasteiger partial charge in [-0.25, -0.2) is 5.43 Å². The van der Waals surface area contributed by atoms with Crippen LogP contribution in [0.5, 0.6) is 5.75 Å². The van der Waals surface area contributed by atoms with Crippen LogP contribution >= 0.6 is 11.6 Å². The van der Waals surface area contributed by atoms with Crippen molar-refractivity contribution in [2.75, 3.05) is 0 Å². The molecular formula is C19H20ClN3O4. The van der Waals surface area contributed by atoms with Gasteiger partial charge in [0.1, 0.15) is 5.75 Å². The number of amides is 1. The molecule has 1 amide bonds. The van der Waals surface area contributed by atoms with Crippen LogP contribution in [0.3, 0.4) is 0 Å². The van der Waals surface area contributed by atoms with Crippen molar-refractivity contribution in [1.82, 2.24) is 5.43 Å². The smallest absolute Gasteiger partial charge is 0.273 e. The fraction of sp³-hybridized carbons (Fsp3) is 0.263. The Morgan fingerprint density at radius 2 is 2.11 bits per heavy atom. The Kier molecular flexibility index (Phi) is 7.31. The van der Waals surface area contributed by atoms with E-state index in [1.54, 1.807) is 30.3 Å². The molecule has 0 saturated carbocycles. The first-order valence-electron chi connectivity index (χ1n) is 8.41. The molecule has 142 valence electrons. The minimum absolute atomic E-state index is 0.0587. The molecule has 0 saturated heterocycles. The van der Waals surface area contributed by atoms with Gasteiger partial charge < -0.3 is 4.74 Å². The number of rotatable bonds is 8. The Balaban J connectivity index is 1.96. The quantitative estimate of drug-likeness (QED) is 0.417. The summed E-state index contributed by atoms with van der Waals surface area (Å²) < 4.78 is 5.69. The molecule has 0 fully saturated rings. The highest BCUT2D eigenvalue weighted by atomic mass is 35.5. The van der Waals surface area contributed by atoms with Crippen LogP contribution in [0.15, 0.2) is 47.6 Å². The van der Waals surface area contributed by atoms with Gasteiger partial charge >= 0.3 is 0 Å². The second kappa shape index (κ2) is 9.68. The lowest BCUT2D eigenvalue weighted by atomic mass is 10.1. The molecule has 8 heteroatoms. The van der Waals surface area contributed by atoms with E-state index in [1.807, 2.05) is 13.8 Å². The Bertz CT molecular complexity index is 855. The van der Waals surface area contributed by atoms with E-state index in [4.69, 9.17) is 16.3 Å². The van der Waals surface area contributed by atoms with Crippen LogP contribution in [0, 0.1) is 10.1 Å². The molecule has 7 nitrogen and oxygen atoms in total. The van der Waals surface area contributed by atoms with Crippen molar-refractivity contribution >= 4 is 29.4 Å². The molecule has 2 rings (SSSR count). The van der Waals surface area contributed by atoms with Gasteiger partial charge in [0.25, 0.3) is 5.69 Å². The van der Waals surface area contributed by atoms with Gasteiger partial charge in [-0.1, -0.05) is 36.7 Å². The molecule has 0 unspecified atom stereocenters. The molecule has 27 heavy (non-hydrogen) atoms. The van der Waals surface area contributed by atoms with E-state index in [2.05, 4.69) is 10.5 Å². The van der Waals surface area contributed by atoms with Crippen LogP contribution in [-0.2, 0) is 11.2 Å². The topological polar surface area (TPSA) is 93.8 Å². The summed E-state index contributed by atoms with van der Waals surface area (Å²) in [5, 5.41) is 15.3. The zero-order chi connectivity index (χ0) is 19.8. The standard InChI is InChI=1S/C19H20ClN3O4/c1-3-13(2)27-18-9-8-14(10-16(18)20)12-21-22-19(24)11-15-6-4-5-7-17(15)23(25)26/h4-10,12-13H,3,11H2,1-2H3,(H,22,24)/b21-12+/t13-/m1/s1. The molecule has 0 spiro atoms. The van der Waals surface area contributed by atoms with E-state index in [0.717, 1.165) is 6.42 Å². The number of carbonyl (C=O) groups is 1. The molecule has 0 bridgehead atoms. The second-order valence-corrected chi connectivity index (χ2v) is 6.29. The second-order valence-electron chi connectivity index (χ2n) is 5.88. The lowest BCUT2D eigenvalue weighted by Crippen LogP contribution is -2.20. The molecule has 2 aromatic carbocycles. The average molecular weight is 390 g/mol. The van der Waals surface area contributed by atoms with Crippen molar-refractivity contribution in [3.8, 4) is 5.75 Å². The number of ether oxygens (including phenoxy) is 1. The first kappa shape index (κ1) is 20.4. The van der Waals surface area contributed by atoms with Gasteiger partial charge in [0.2, 0.25) is 5.91 Å². The van der Waals surface area contributed by atoms with Gasteiger partial charge in [-0.3, -0.25) is 14.9 Å². The van der Waals surface area contributed by atoms with Gasteiger partial charge in [-0.15, -0.1) is 0 Å². The zero-order valence-corrected chi connectivity index (χ0v) is 15.8.